The molecule has 0 saturated carbocycles. The lowest BCUT2D eigenvalue weighted by molar-refractivity contribution is -0.113. The number of nitrogens with zero attached hydrogens (tertiary/aromatic N) is 1. The first-order chi connectivity index (χ1) is 16.4. The molecule has 1 aliphatic rings. The molecule has 1 heterocycles. The van der Waals surface area contributed by atoms with Crippen LogP contribution in [-0.2, 0) is 11.4 Å². The molecule has 9 heteroatoms. The van der Waals surface area contributed by atoms with Gasteiger partial charge in [0.1, 0.15) is 18.2 Å². The lowest BCUT2D eigenvalue weighted by atomic mass is 10.1. The molecule has 3 aromatic rings. The van der Waals surface area contributed by atoms with E-state index in [1.54, 1.807) is 61.7 Å². The molecule has 0 aromatic heterocycles. The average molecular weight is 516 g/mol. The van der Waals surface area contributed by atoms with E-state index in [1.807, 2.05) is 0 Å². The lowest BCUT2D eigenvalue weighted by Crippen LogP contribution is -2.27. The van der Waals surface area contributed by atoms with Crippen molar-refractivity contribution < 1.29 is 23.4 Å². The van der Waals surface area contributed by atoms with E-state index in [0.717, 1.165) is 0 Å². The zero-order chi connectivity index (χ0) is 24.2. The molecule has 1 saturated heterocycles. The maximum Gasteiger partial charge on any atom is 0.270 e. The summed E-state index contributed by atoms with van der Waals surface area (Å²) in [5.74, 6) is 0.866. The molecule has 4 rings (SSSR count). The summed E-state index contributed by atoms with van der Waals surface area (Å²) < 4.78 is 30.9. The van der Waals surface area contributed by atoms with Gasteiger partial charge in [0.15, 0.2) is 15.8 Å². The quantitative estimate of drug-likeness (QED) is 0.265. The number of thioether (sulfide) groups is 1. The lowest BCUT2D eigenvalue weighted by Gasteiger charge is -2.14. The highest BCUT2D eigenvalue weighted by molar-refractivity contribution is 8.27. The summed E-state index contributed by atoms with van der Waals surface area (Å²) in [6.07, 6.45) is 1.73. The van der Waals surface area contributed by atoms with E-state index in [4.69, 9.17) is 38.0 Å². The van der Waals surface area contributed by atoms with Gasteiger partial charge in [0, 0.05) is 5.56 Å². The highest BCUT2D eigenvalue weighted by Gasteiger charge is 2.33. The van der Waals surface area contributed by atoms with Crippen LogP contribution in [0, 0.1) is 5.82 Å². The van der Waals surface area contributed by atoms with Crippen LogP contribution < -0.4 is 19.1 Å². The van der Waals surface area contributed by atoms with Gasteiger partial charge < -0.3 is 14.2 Å². The van der Waals surface area contributed by atoms with Gasteiger partial charge in [0.05, 0.1) is 29.8 Å². The monoisotopic (exact) mass is 515 g/mol. The number of methoxy groups -OCH3 is 2. The van der Waals surface area contributed by atoms with Crippen molar-refractivity contribution in [3.05, 3.63) is 87.5 Å². The van der Waals surface area contributed by atoms with Crippen LogP contribution in [0.3, 0.4) is 0 Å². The van der Waals surface area contributed by atoms with E-state index in [1.165, 1.54) is 35.9 Å². The second kappa shape index (κ2) is 10.5. The topological polar surface area (TPSA) is 48.0 Å². The van der Waals surface area contributed by atoms with Gasteiger partial charge >= 0.3 is 0 Å². The molecule has 1 amide bonds. The van der Waals surface area contributed by atoms with Crippen LogP contribution in [-0.4, -0.2) is 24.4 Å². The van der Waals surface area contributed by atoms with Gasteiger partial charge in [-0.3, -0.25) is 9.69 Å². The molecule has 0 unspecified atom stereocenters. The minimum Gasteiger partial charge on any atom is -0.497 e. The summed E-state index contributed by atoms with van der Waals surface area (Å²) in [6.45, 7) is -0.0785. The Morgan fingerprint density at radius 1 is 1.06 bits per heavy atom. The summed E-state index contributed by atoms with van der Waals surface area (Å²) in [7, 11) is 3.09. The van der Waals surface area contributed by atoms with Crippen molar-refractivity contribution in [1.29, 1.82) is 0 Å². The third-order valence-corrected chi connectivity index (χ3v) is 6.70. The summed E-state index contributed by atoms with van der Waals surface area (Å²) in [6, 6.07) is 16.8. The van der Waals surface area contributed by atoms with Crippen molar-refractivity contribution in [2.75, 3.05) is 19.1 Å². The van der Waals surface area contributed by atoms with Crippen molar-refractivity contribution >= 4 is 57.6 Å². The van der Waals surface area contributed by atoms with Crippen molar-refractivity contribution in [1.82, 2.24) is 0 Å². The van der Waals surface area contributed by atoms with Gasteiger partial charge in [-0.1, -0.05) is 47.7 Å². The Bertz CT molecular complexity index is 1260. The number of anilines is 1. The van der Waals surface area contributed by atoms with Crippen molar-refractivity contribution in [3.8, 4) is 17.2 Å². The summed E-state index contributed by atoms with van der Waals surface area (Å²) >= 11 is 12.8. The number of benzene rings is 3. The van der Waals surface area contributed by atoms with Gasteiger partial charge in [-0.05, 0) is 60.2 Å². The van der Waals surface area contributed by atoms with Gasteiger partial charge in [-0.15, -0.1) is 0 Å². The fraction of sp³-hybridized carbons (Fsp3) is 0.120. The first-order valence-electron chi connectivity index (χ1n) is 10.1. The minimum atomic E-state index is -0.454. The van der Waals surface area contributed by atoms with E-state index in [0.29, 0.717) is 37.7 Å². The molecule has 1 fully saturated rings. The molecule has 3 aromatic carbocycles. The molecule has 5 nitrogen and oxygen atoms in total. The van der Waals surface area contributed by atoms with E-state index in [-0.39, 0.29) is 23.1 Å². The van der Waals surface area contributed by atoms with E-state index in [2.05, 4.69) is 0 Å². The van der Waals surface area contributed by atoms with Crippen LogP contribution in [0.15, 0.2) is 65.6 Å². The largest absolute Gasteiger partial charge is 0.497 e. The molecule has 0 radical (unpaired) electrons. The Morgan fingerprint density at radius 3 is 2.50 bits per heavy atom. The molecule has 0 atom stereocenters. The maximum atomic E-state index is 14.1. The number of hydrogen-bond acceptors (Lipinski definition) is 6. The van der Waals surface area contributed by atoms with Crippen molar-refractivity contribution in [2.24, 2.45) is 0 Å². The number of carbonyl (C=O) groups is 1. The van der Waals surface area contributed by atoms with Crippen LogP contribution >= 0.6 is 35.6 Å². The summed E-state index contributed by atoms with van der Waals surface area (Å²) in [5.41, 5.74) is 1.61. The van der Waals surface area contributed by atoms with Crippen LogP contribution in [0.25, 0.3) is 6.08 Å². The molecular weight excluding hydrogens is 497 g/mol. The fourth-order valence-corrected chi connectivity index (χ4v) is 4.81. The Morgan fingerprint density at radius 2 is 1.82 bits per heavy atom. The number of halogens is 2. The number of amides is 1. The molecular formula is C25H19ClFNO4S2. The summed E-state index contributed by atoms with van der Waals surface area (Å²) in [5, 5.41) is 0.275. The maximum absolute atomic E-state index is 14.1. The van der Waals surface area contributed by atoms with E-state index < -0.39 is 5.82 Å². The fourth-order valence-electron chi connectivity index (χ4n) is 3.29. The number of rotatable bonds is 7. The van der Waals surface area contributed by atoms with Gasteiger partial charge in [0.25, 0.3) is 5.91 Å². The Balaban J connectivity index is 1.57. The molecule has 0 aliphatic carbocycles. The van der Waals surface area contributed by atoms with E-state index in [9.17, 15) is 9.18 Å². The third kappa shape index (κ3) is 5.04. The third-order valence-electron chi connectivity index (χ3n) is 5.04. The molecule has 0 spiro atoms. The molecule has 34 heavy (non-hydrogen) atoms. The molecule has 174 valence electrons. The zero-order valence-corrected chi connectivity index (χ0v) is 20.6. The number of thiocarbonyl (C=S) groups is 1. The van der Waals surface area contributed by atoms with Gasteiger partial charge in [0.2, 0.25) is 0 Å². The molecule has 1 aliphatic heterocycles. The van der Waals surface area contributed by atoms with Crippen LogP contribution in [0.1, 0.15) is 11.1 Å². The summed E-state index contributed by atoms with van der Waals surface area (Å²) in [4.78, 5) is 15.0. The second-order valence-corrected chi connectivity index (χ2v) is 9.20. The van der Waals surface area contributed by atoms with E-state index >= 15 is 0 Å². The predicted octanol–water partition coefficient (Wildman–Crippen LogP) is 6.48. The standard InChI is InChI=1S/C25H19ClFNO4S2/c1-30-17-9-7-16(8-10-17)28-24(29)23(34-25(28)33)13-15-6-11-21(31-2)22(12-15)32-14-18-19(26)4-3-5-20(18)27/h3-13H,14H2,1-2H3/b23-13-. The highest BCUT2D eigenvalue weighted by Crippen LogP contribution is 2.38. The predicted molar refractivity (Wildman–Crippen MR) is 137 cm³/mol. The first kappa shape index (κ1) is 24.1. The van der Waals surface area contributed by atoms with Gasteiger partial charge in [-0.25, -0.2) is 4.39 Å². The van der Waals surface area contributed by atoms with Crippen molar-refractivity contribution in [2.45, 2.75) is 6.61 Å². The molecule has 0 N–H and O–H groups in total. The smallest absolute Gasteiger partial charge is 0.270 e. The minimum absolute atomic E-state index is 0.0785. The van der Waals surface area contributed by atoms with Crippen molar-refractivity contribution in [3.63, 3.8) is 0 Å². The second-order valence-electron chi connectivity index (χ2n) is 7.11. The average Bonchev–Trinajstić information content (AvgIpc) is 3.11. The normalized spacial score (nSPS) is 14.6. The number of carbonyl (C=O) groups excluding carboxylic acids is 1. The van der Waals surface area contributed by atoms with Crippen LogP contribution in [0.4, 0.5) is 10.1 Å². The number of ether oxygens (including phenoxy) is 3. The molecule has 0 bridgehead atoms. The van der Waals surface area contributed by atoms with Gasteiger partial charge in [-0.2, -0.15) is 0 Å². The highest BCUT2D eigenvalue weighted by atomic mass is 35.5. The SMILES string of the molecule is COc1ccc(N2C(=O)/C(=C/c3ccc(OC)c(OCc4c(F)cccc4Cl)c3)SC2=S)cc1. The Labute approximate surface area is 211 Å². The number of hydrogen-bond donors (Lipinski definition) is 0. The Kier molecular flexibility index (Phi) is 7.41. The Hall–Kier alpha value is -3.07. The van der Waals surface area contributed by atoms with Crippen LogP contribution in [0.5, 0.6) is 17.2 Å². The van der Waals surface area contributed by atoms with Crippen LogP contribution in [0.2, 0.25) is 5.02 Å². The first-order valence-corrected chi connectivity index (χ1v) is 11.7. The zero-order valence-electron chi connectivity index (χ0n) is 18.2.